The second-order valence-corrected chi connectivity index (χ2v) is 3.63. The van der Waals surface area contributed by atoms with Crippen molar-refractivity contribution in [2.75, 3.05) is 19.6 Å². The quantitative estimate of drug-likeness (QED) is 0.715. The summed E-state index contributed by atoms with van der Waals surface area (Å²) in [6.45, 7) is 3.14. The van der Waals surface area contributed by atoms with Crippen LogP contribution in [0.1, 0.15) is 11.3 Å². The van der Waals surface area contributed by atoms with E-state index in [1.54, 1.807) is 6.26 Å². The SMILES string of the molecule is NCc1ccoc1CN1CCNC(=O)C1. The van der Waals surface area contributed by atoms with Crippen LogP contribution in [0.15, 0.2) is 16.7 Å². The van der Waals surface area contributed by atoms with Crippen LogP contribution in [-0.2, 0) is 17.9 Å². The van der Waals surface area contributed by atoms with Gasteiger partial charge in [-0.3, -0.25) is 9.69 Å². The van der Waals surface area contributed by atoms with E-state index in [1.807, 2.05) is 6.07 Å². The maximum absolute atomic E-state index is 11.1. The van der Waals surface area contributed by atoms with E-state index >= 15 is 0 Å². The summed E-state index contributed by atoms with van der Waals surface area (Å²) in [6.07, 6.45) is 1.64. The van der Waals surface area contributed by atoms with E-state index in [1.165, 1.54) is 0 Å². The van der Waals surface area contributed by atoms with E-state index < -0.39 is 0 Å². The van der Waals surface area contributed by atoms with Crippen molar-refractivity contribution < 1.29 is 9.21 Å². The summed E-state index contributed by atoms with van der Waals surface area (Å²) >= 11 is 0. The Morgan fingerprint density at radius 2 is 2.47 bits per heavy atom. The Morgan fingerprint density at radius 1 is 1.60 bits per heavy atom. The Morgan fingerprint density at radius 3 is 3.20 bits per heavy atom. The number of furan rings is 1. The molecule has 3 N–H and O–H groups in total. The third-order valence-corrected chi connectivity index (χ3v) is 2.54. The van der Waals surface area contributed by atoms with Gasteiger partial charge >= 0.3 is 0 Å². The predicted molar refractivity (Wildman–Crippen MR) is 54.9 cm³/mol. The summed E-state index contributed by atoms with van der Waals surface area (Å²) < 4.78 is 5.34. The number of nitrogens with two attached hydrogens (primary N) is 1. The molecule has 0 aliphatic carbocycles. The van der Waals surface area contributed by atoms with Gasteiger partial charge in [0.05, 0.1) is 19.4 Å². The van der Waals surface area contributed by atoms with Crippen LogP contribution in [0.3, 0.4) is 0 Å². The van der Waals surface area contributed by atoms with Crippen molar-refractivity contribution >= 4 is 5.91 Å². The van der Waals surface area contributed by atoms with E-state index in [0.717, 1.165) is 17.9 Å². The molecular weight excluding hydrogens is 194 g/mol. The molecule has 0 atom stereocenters. The first-order valence-electron chi connectivity index (χ1n) is 5.04. The number of rotatable bonds is 3. The van der Waals surface area contributed by atoms with Crippen molar-refractivity contribution in [1.82, 2.24) is 10.2 Å². The molecule has 0 spiro atoms. The van der Waals surface area contributed by atoms with Crippen molar-refractivity contribution in [2.45, 2.75) is 13.1 Å². The number of nitrogens with one attached hydrogen (secondary N) is 1. The van der Waals surface area contributed by atoms with Crippen LogP contribution in [0.5, 0.6) is 0 Å². The van der Waals surface area contributed by atoms with Gasteiger partial charge in [0.15, 0.2) is 0 Å². The molecular formula is C10H15N3O2. The second-order valence-electron chi connectivity index (χ2n) is 3.63. The molecule has 1 aliphatic rings. The van der Waals surface area contributed by atoms with Crippen LogP contribution in [0, 0.1) is 0 Å². The monoisotopic (exact) mass is 209 g/mol. The molecule has 1 aromatic heterocycles. The van der Waals surface area contributed by atoms with Crippen LogP contribution < -0.4 is 11.1 Å². The van der Waals surface area contributed by atoms with Crippen LogP contribution in [-0.4, -0.2) is 30.4 Å². The molecule has 0 bridgehead atoms. The van der Waals surface area contributed by atoms with Crippen molar-refractivity contribution in [3.8, 4) is 0 Å². The summed E-state index contributed by atoms with van der Waals surface area (Å²) in [7, 11) is 0. The summed E-state index contributed by atoms with van der Waals surface area (Å²) in [6, 6.07) is 1.87. The number of hydrogen-bond donors (Lipinski definition) is 2. The van der Waals surface area contributed by atoms with Gasteiger partial charge in [-0.2, -0.15) is 0 Å². The van der Waals surface area contributed by atoms with Crippen molar-refractivity contribution in [3.05, 3.63) is 23.7 Å². The van der Waals surface area contributed by atoms with Gasteiger partial charge in [0.1, 0.15) is 5.76 Å². The van der Waals surface area contributed by atoms with Gasteiger partial charge in [-0.25, -0.2) is 0 Å². The van der Waals surface area contributed by atoms with Crippen molar-refractivity contribution in [2.24, 2.45) is 5.73 Å². The fraction of sp³-hybridized carbons (Fsp3) is 0.500. The Kier molecular flexibility index (Phi) is 3.03. The summed E-state index contributed by atoms with van der Waals surface area (Å²) in [4.78, 5) is 13.2. The van der Waals surface area contributed by atoms with Gasteiger partial charge in [-0.15, -0.1) is 0 Å². The molecule has 5 heteroatoms. The maximum Gasteiger partial charge on any atom is 0.234 e. The molecule has 0 aromatic carbocycles. The first kappa shape index (κ1) is 10.2. The zero-order chi connectivity index (χ0) is 10.7. The van der Waals surface area contributed by atoms with Gasteiger partial charge in [0.2, 0.25) is 5.91 Å². The average Bonchev–Trinajstić information content (AvgIpc) is 2.65. The highest BCUT2D eigenvalue weighted by Crippen LogP contribution is 2.12. The molecule has 1 aliphatic heterocycles. The number of carbonyl (C=O) groups is 1. The first-order valence-corrected chi connectivity index (χ1v) is 5.04. The zero-order valence-corrected chi connectivity index (χ0v) is 8.53. The van der Waals surface area contributed by atoms with E-state index in [0.29, 0.717) is 26.2 Å². The molecule has 5 nitrogen and oxygen atoms in total. The van der Waals surface area contributed by atoms with E-state index in [-0.39, 0.29) is 5.91 Å². The van der Waals surface area contributed by atoms with E-state index in [9.17, 15) is 4.79 Å². The molecule has 1 saturated heterocycles. The summed E-state index contributed by atoms with van der Waals surface area (Å²) in [5.41, 5.74) is 6.58. The van der Waals surface area contributed by atoms with Gasteiger partial charge in [-0.05, 0) is 6.07 Å². The maximum atomic E-state index is 11.1. The molecule has 0 unspecified atom stereocenters. The third-order valence-electron chi connectivity index (χ3n) is 2.54. The molecule has 1 amide bonds. The minimum absolute atomic E-state index is 0.0714. The van der Waals surface area contributed by atoms with Gasteiger partial charge in [0.25, 0.3) is 0 Å². The number of hydrogen-bond acceptors (Lipinski definition) is 4. The normalized spacial score (nSPS) is 17.8. The molecule has 0 radical (unpaired) electrons. The van der Waals surface area contributed by atoms with Gasteiger partial charge in [0, 0.05) is 25.2 Å². The Labute approximate surface area is 88.2 Å². The lowest BCUT2D eigenvalue weighted by Crippen LogP contribution is -2.47. The Bertz CT molecular complexity index is 348. The molecule has 0 saturated carbocycles. The Balaban J connectivity index is 1.98. The topological polar surface area (TPSA) is 71.5 Å². The van der Waals surface area contributed by atoms with Gasteiger partial charge < -0.3 is 15.5 Å². The third kappa shape index (κ3) is 2.37. The number of piperazine rings is 1. The smallest absolute Gasteiger partial charge is 0.234 e. The lowest BCUT2D eigenvalue weighted by molar-refractivity contribution is -0.124. The number of nitrogens with zero attached hydrogens (tertiary/aromatic N) is 1. The summed E-state index contributed by atoms with van der Waals surface area (Å²) in [5.74, 6) is 0.939. The highest BCUT2D eigenvalue weighted by molar-refractivity contribution is 5.78. The van der Waals surface area contributed by atoms with E-state index in [4.69, 9.17) is 10.2 Å². The van der Waals surface area contributed by atoms with Crippen LogP contribution in [0.2, 0.25) is 0 Å². The lowest BCUT2D eigenvalue weighted by atomic mass is 10.2. The van der Waals surface area contributed by atoms with E-state index in [2.05, 4.69) is 10.2 Å². The van der Waals surface area contributed by atoms with Crippen LogP contribution >= 0.6 is 0 Å². The first-order chi connectivity index (χ1) is 7.29. The second kappa shape index (κ2) is 4.46. The largest absolute Gasteiger partial charge is 0.468 e. The summed E-state index contributed by atoms with van der Waals surface area (Å²) in [5, 5.41) is 2.78. The fourth-order valence-electron chi connectivity index (χ4n) is 1.72. The van der Waals surface area contributed by atoms with Crippen molar-refractivity contribution in [1.29, 1.82) is 0 Å². The zero-order valence-electron chi connectivity index (χ0n) is 8.53. The molecule has 2 rings (SSSR count). The van der Waals surface area contributed by atoms with Crippen molar-refractivity contribution in [3.63, 3.8) is 0 Å². The minimum atomic E-state index is 0.0714. The highest BCUT2D eigenvalue weighted by Gasteiger charge is 2.18. The standard InChI is InChI=1S/C10H15N3O2/c11-5-8-1-4-15-9(8)6-13-3-2-12-10(14)7-13/h1,4H,2-3,5-7,11H2,(H,12,14). The molecule has 1 aromatic rings. The highest BCUT2D eigenvalue weighted by atomic mass is 16.3. The minimum Gasteiger partial charge on any atom is -0.468 e. The molecule has 1 fully saturated rings. The fourth-order valence-corrected chi connectivity index (χ4v) is 1.72. The van der Waals surface area contributed by atoms with Gasteiger partial charge in [-0.1, -0.05) is 0 Å². The van der Waals surface area contributed by atoms with Crippen LogP contribution in [0.4, 0.5) is 0 Å². The van der Waals surface area contributed by atoms with Crippen LogP contribution in [0.25, 0.3) is 0 Å². The average molecular weight is 209 g/mol. The Hall–Kier alpha value is -1.33. The molecule has 82 valence electrons. The molecule has 15 heavy (non-hydrogen) atoms. The number of carbonyl (C=O) groups excluding carboxylic acids is 1. The predicted octanol–water partition coefficient (Wildman–Crippen LogP) is -0.330. The lowest BCUT2D eigenvalue weighted by Gasteiger charge is -2.25. The molecule has 2 heterocycles. The number of amides is 1.